The largest absolute Gasteiger partial charge is 0.595 e. The highest BCUT2D eigenvalue weighted by Crippen LogP contribution is 2.20. The van der Waals surface area contributed by atoms with Crippen LogP contribution in [0.15, 0.2) is 12.1 Å². The van der Waals surface area contributed by atoms with E-state index >= 15 is 0 Å². The highest BCUT2D eigenvalue weighted by molar-refractivity contribution is 5.95. The molecule has 106 valence electrons. The molecule has 0 fully saturated rings. The Labute approximate surface area is 109 Å². The standard InChI is InChI=1S/C11H17N3O5/c1-3-4-12-11(15)8-5-9(13(16)17)7(2)10(6-8)14(18)19/h5-6,13-14,16,18H,3-4H2,1-2H3,(H,12,15). The molecule has 1 aromatic rings. The van der Waals surface area contributed by atoms with Gasteiger partial charge in [0.05, 0.1) is 11.1 Å². The van der Waals surface area contributed by atoms with Crippen LogP contribution in [-0.2, 0) is 0 Å². The lowest BCUT2D eigenvalue weighted by Crippen LogP contribution is -3.01. The average Bonchev–Trinajstić information content (AvgIpc) is 2.35. The third-order valence-electron chi connectivity index (χ3n) is 2.67. The van der Waals surface area contributed by atoms with Crippen LogP contribution in [0, 0.1) is 17.3 Å². The van der Waals surface area contributed by atoms with Gasteiger partial charge >= 0.3 is 0 Å². The van der Waals surface area contributed by atoms with Crippen molar-refractivity contribution in [1.82, 2.24) is 5.32 Å². The van der Waals surface area contributed by atoms with E-state index in [1.54, 1.807) is 0 Å². The summed E-state index contributed by atoms with van der Waals surface area (Å²) in [7, 11) is 0. The van der Waals surface area contributed by atoms with E-state index in [2.05, 4.69) is 5.32 Å². The molecule has 8 heteroatoms. The summed E-state index contributed by atoms with van der Waals surface area (Å²) < 4.78 is 0. The zero-order valence-electron chi connectivity index (χ0n) is 10.7. The molecule has 0 saturated heterocycles. The SMILES string of the molecule is CCCNC(=O)c1cc([NH+]([O-])O)c(C)c([NH+]([O-])O)c1. The lowest BCUT2D eigenvalue weighted by atomic mass is 10.1. The average molecular weight is 271 g/mol. The second kappa shape index (κ2) is 6.57. The van der Waals surface area contributed by atoms with Gasteiger partial charge in [-0.3, -0.25) is 4.79 Å². The molecule has 19 heavy (non-hydrogen) atoms. The van der Waals surface area contributed by atoms with Crippen molar-refractivity contribution < 1.29 is 25.7 Å². The maximum Gasteiger partial charge on any atom is 0.251 e. The maximum atomic E-state index is 11.8. The zero-order valence-corrected chi connectivity index (χ0v) is 10.7. The smallest absolute Gasteiger partial charge is 0.251 e. The van der Waals surface area contributed by atoms with E-state index in [1.165, 1.54) is 19.1 Å². The quantitative estimate of drug-likeness (QED) is 0.437. The molecule has 1 rings (SSSR count). The molecule has 0 saturated carbocycles. The molecule has 1 amide bonds. The van der Waals surface area contributed by atoms with Gasteiger partial charge in [-0.1, -0.05) is 6.92 Å². The van der Waals surface area contributed by atoms with E-state index < -0.39 is 16.4 Å². The molecule has 0 aliphatic carbocycles. The Bertz CT molecular complexity index is 433. The van der Waals surface area contributed by atoms with Gasteiger partial charge in [-0.15, -0.1) is 0 Å². The summed E-state index contributed by atoms with van der Waals surface area (Å²) in [6, 6.07) is 2.38. The van der Waals surface area contributed by atoms with E-state index in [1.807, 2.05) is 6.92 Å². The van der Waals surface area contributed by atoms with Crippen molar-refractivity contribution in [3.8, 4) is 0 Å². The predicted octanol–water partition coefficient (Wildman–Crippen LogP) is -1.06. The number of rotatable bonds is 5. The van der Waals surface area contributed by atoms with Gasteiger partial charge in [-0.05, 0) is 13.3 Å². The van der Waals surface area contributed by atoms with E-state index in [0.29, 0.717) is 6.54 Å². The number of quaternary nitrogens is 2. The molecule has 0 aliphatic heterocycles. The molecule has 8 nitrogen and oxygen atoms in total. The molecule has 0 heterocycles. The molecule has 0 radical (unpaired) electrons. The first-order chi connectivity index (χ1) is 8.88. The summed E-state index contributed by atoms with van der Waals surface area (Å²) >= 11 is 0. The van der Waals surface area contributed by atoms with Gasteiger partial charge in [-0.2, -0.15) is 10.5 Å². The molecule has 0 aromatic heterocycles. The van der Waals surface area contributed by atoms with Crippen LogP contribution < -0.4 is 15.8 Å². The number of hydrogen-bond donors (Lipinski definition) is 5. The summed E-state index contributed by atoms with van der Waals surface area (Å²) in [5, 5.41) is 40.2. The normalized spacial score (nSPS) is 14.0. The minimum atomic E-state index is -1.26. The monoisotopic (exact) mass is 271 g/mol. The van der Waals surface area contributed by atoms with Crippen molar-refractivity contribution in [3.63, 3.8) is 0 Å². The van der Waals surface area contributed by atoms with Gasteiger partial charge in [0.2, 0.25) is 0 Å². The Morgan fingerprint density at radius 3 is 2.11 bits per heavy atom. The van der Waals surface area contributed by atoms with Gasteiger partial charge in [-0.25, -0.2) is 10.4 Å². The number of carbonyl (C=O) groups is 1. The highest BCUT2D eigenvalue weighted by Gasteiger charge is 2.20. The molecule has 0 spiro atoms. The lowest BCUT2D eigenvalue weighted by molar-refractivity contribution is -0.996. The topological polar surface area (TPSA) is 125 Å². The van der Waals surface area contributed by atoms with Gasteiger partial charge in [0.25, 0.3) is 5.91 Å². The van der Waals surface area contributed by atoms with Crippen molar-refractivity contribution >= 4 is 17.3 Å². The van der Waals surface area contributed by atoms with E-state index in [9.17, 15) is 15.2 Å². The molecule has 0 bridgehead atoms. The van der Waals surface area contributed by atoms with Crippen molar-refractivity contribution in [3.05, 3.63) is 33.7 Å². The first-order valence-corrected chi connectivity index (χ1v) is 5.77. The summed E-state index contributed by atoms with van der Waals surface area (Å²) in [6.07, 6.45) is 0.731. The second-order valence-electron chi connectivity index (χ2n) is 4.06. The third kappa shape index (κ3) is 3.70. The molecular formula is C11H17N3O5. The minimum Gasteiger partial charge on any atom is -0.595 e. The van der Waals surface area contributed by atoms with Crippen LogP contribution in [0.3, 0.4) is 0 Å². The fourth-order valence-corrected chi connectivity index (χ4v) is 1.63. The van der Waals surface area contributed by atoms with E-state index in [-0.39, 0.29) is 22.5 Å². The van der Waals surface area contributed by atoms with Gasteiger partial charge in [0.1, 0.15) is 0 Å². The fourth-order valence-electron chi connectivity index (χ4n) is 1.63. The maximum absolute atomic E-state index is 11.8. The van der Waals surface area contributed by atoms with Crippen LogP contribution in [-0.4, -0.2) is 22.9 Å². The Hall–Kier alpha value is -1.55. The zero-order chi connectivity index (χ0) is 14.6. The minimum absolute atomic E-state index is 0.0360. The summed E-state index contributed by atoms with van der Waals surface area (Å²) in [4.78, 5) is 11.8. The van der Waals surface area contributed by atoms with Crippen molar-refractivity contribution in [2.45, 2.75) is 20.3 Å². The van der Waals surface area contributed by atoms with Crippen LogP contribution in [0.5, 0.6) is 0 Å². The Kier molecular flexibility index (Phi) is 5.36. The first-order valence-electron chi connectivity index (χ1n) is 5.77. The van der Waals surface area contributed by atoms with E-state index in [0.717, 1.165) is 6.42 Å². The Balaban J connectivity index is 3.22. The fraction of sp³-hybridized carbons (Fsp3) is 0.364. The van der Waals surface area contributed by atoms with Crippen molar-refractivity contribution in [2.75, 3.05) is 6.54 Å². The number of nitrogens with one attached hydrogen (secondary N) is 3. The highest BCUT2D eigenvalue weighted by atomic mass is 16.8. The number of carbonyl (C=O) groups excluding carboxylic acids is 1. The molecule has 0 aliphatic rings. The lowest BCUT2D eigenvalue weighted by Gasteiger charge is -2.20. The second-order valence-corrected chi connectivity index (χ2v) is 4.06. The number of amides is 1. The molecular weight excluding hydrogens is 254 g/mol. The number of benzene rings is 1. The summed E-state index contributed by atoms with van der Waals surface area (Å²) in [5.74, 6) is -0.480. The van der Waals surface area contributed by atoms with Crippen LogP contribution in [0.25, 0.3) is 0 Å². The van der Waals surface area contributed by atoms with Crippen LogP contribution >= 0.6 is 0 Å². The Morgan fingerprint density at radius 1 is 1.26 bits per heavy atom. The molecule has 5 N–H and O–H groups in total. The molecule has 2 atom stereocenters. The van der Waals surface area contributed by atoms with Crippen LogP contribution in [0.2, 0.25) is 0 Å². The van der Waals surface area contributed by atoms with Gasteiger partial charge < -0.3 is 15.7 Å². The number of hydrogen-bond acceptors (Lipinski definition) is 5. The van der Waals surface area contributed by atoms with Crippen molar-refractivity contribution in [1.29, 1.82) is 0 Å². The van der Waals surface area contributed by atoms with Crippen LogP contribution in [0.1, 0.15) is 29.3 Å². The third-order valence-corrected chi connectivity index (χ3v) is 2.67. The van der Waals surface area contributed by atoms with Crippen molar-refractivity contribution in [2.24, 2.45) is 0 Å². The van der Waals surface area contributed by atoms with Gasteiger partial charge in [0.15, 0.2) is 11.4 Å². The summed E-state index contributed by atoms with van der Waals surface area (Å²) in [5.41, 5.74) is -0.191. The predicted molar refractivity (Wildman–Crippen MR) is 65.4 cm³/mol. The summed E-state index contributed by atoms with van der Waals surface area (Å²) in [6.45, 7) is 3.72. The first kappa shape index (κ1) is 15.5. The Morgan fingerprint density at radius 2 is 1.74 bits per heavy atom. The molecule has 1 aromatic carbocycles. The van der Waals surface area contributed by atoms with Gasteiger partial charge in [0, 0.05) is 18.7 Å². The molecule has 2 unspecified atom stereocenters. The van der Waals surface area contributed by atoms with E-state index in [4.69, 9.17) is 10.4 Å². The van der Waals surface area contributed by atoms with Crippen LogP contribution in [0.4, 0.5) is 11.4 Å².